The third kappa shape index (κ3) is 1.36. The second-order valence-electron chi connectivity index (χ2n) is 5.57. The molecule has 1 aromatic carbocycles. The Morgan fingerprint density at radius 1 is 1.12 bits per heavy atom. The Labute approximate surface area is 107 Å². The van der Waals surface area contributed by atoms with Crippen molar-refractivity contribution in [2.24, 2.45) is 0 Å². The maximum atomic E-state index is 2.76. The number of hydrogen-bond acceptors (Lipinski definition) is 1. The molecule has 0 amide bonds. The molecule has 0 aromatic heterocycles. The van der Waals surface area contributed by atoms with E-state index in [1.54, 1.807) is 10.6 Å². The van der Waals surface area contributed by atoms with Crippen LogP contribution in [0, 0.1) is 0 Å². The summed E-state index contributed by atoms with van der Waals surface area (Å²) < 4.78 is 2.76. The molecule has 0 N–H and O–H groups in total. The minimum Gasteiger partial charge on any atom is -0.217 e. The summed E-state index contributed by atoms with van der Waals surface area (Å²) in [4.78, 5) is 0. The van der Waals surface area contributed by atoms with Gasteiger partial charge in [-0.2, -0.15) is 0 Å². The van der Waals surface area contributed by atoms with Crippen LogP contribution in [0.15, 0.2) is 24.3 Å². The third-order valence-corrected chi connectivity index (χ3v) is 5.77. The Morgan fingerprint density at radius 2 is 1.94 bits per heavy atom. The average molecular weight is 244 g/mol. The van der Waals surface area contributed by atoms with Gasteiger partial charge in [-0.05, 0) is 24.5 Å². The number of hydrogen-bond donors (Lipinski definition) is 0. The molecule has 2 aliphatic heterocycles. The van der Waals surface area contributed by atoms with E-state index < -0.39 is 0 Å². The van der Waals surface area contributed by atoms with Crippen LogP contribution < -0.4 is 0 Å². The molecule has 1 aromatic rings. The molecular formula is C15H18NS+. The quantitative estimate of drug-likeness (QED) is 0.634. The van der Waals surface area contributed by atoms with Crippen molar-refractivity contribution in [1.82, 2.24) is 0 Å². The number of rotatable bonds is 0. The van der Waals surface area contributed by atoms with Crippen LogP contribution in [-0.2, 0) is 6.42 Å². The zero-order valence-corrected chi connectivity index (χ0v) is 10.9. The summed E-state index contributed by atoms with van der Waals surface area (Å²) in [7, 11) is 0. The fourth-order valence-electron chi connectivity index (χ4n) is 3.90. The van der Waals surface area contributed by atoms with Gasteiger partial charge >= 0.3 is 0 Å². The summed E-state index contributed by atoms with van der Waals surface area (Å²) in [6.45, 7) is 1.27. The van der Waals surface area contributed by atoms with Gasteiger partial charge in [0.25, 0.3) is 0 Å². The number of fused-ring (bicyclic) bond motifs is 3. The van der Waals surface area contributed by atoms with Crippen molar-refractivity contribution in [2.45, 2.75) is 37.6 Å². The molecule has 1 nitrogen and oxygen atoms in total. The van der Waals surface area contributed by atoms with E-state index in [1.165, 1.54) is 50.0 Å². The van der Waals surface area contributed by atoms with Crippen LogP contribution in [-0.4, -0.2) is 27.5 Å². The van der Waals surface area contributed by atoms with Crippen LogP contribution in [0.25, 0.3) is 0 Å². The van der Waals surface area contributed by atoms with E-state index >= 15 is 0 Å². The molecule has 0 unspecified atom stereocenters. The van der Waals surface area contributed by atoms with E-state index in [1.807, 2.05) is 0 Å². The summed E-state index contributed by atoms with van der Waals surface area (Å²) >= 11 is 2.07. The molecule has 1 fully saturated rings. The first-order valence-corrected chi connectivity index (χ1v) is 7.73. The zero-order valence-electron chi connectivity index (χ0n) is 10.1. The molecule has 17 heavy (non-hydrogen) atoms. The Bertz CT molecular complexity index is 497. The van der Waals surface area contributed by atoms with Crippen molar-refractivity contribution < 1.29 is 4.58 Å². The Balaban J connectivity index is 1.92. The van der Waals surface area contributed by atoms with E-state index in [0.717, 1.165) is 0 Å². The highest BCUT2D eigenvalue weighted by atomic mass is 32.2. The van der Waals surface area contributed by atoms with E-state index in [2.05, 4.69) is 40.6 Å². The van der Waals surface area contributed by atoms with Crippen molar-refractivity contribution in [3.8, 4) is 0 Å². The summed E-state index contributed by atoms with van der Waals surface area (Å²) in [6, 6.07) is 9.06. The van der Waals surface area contributed by atoms with E-state index in [-0.39, 0.29) is 0 Å². The number of thioether (sulfide) groups is 1. The lowest BCUT2D eigenvalue weighted by Gasteiger charge is -2.30. The highest BCUT2D eigenvalue weighted by molar-refractivity contribution is 8.14. The maximum Gasteiger partial charge on any atom is 0.243 e. The first-order valence-electron chi connectivity index (χ1n) is 6.75. The lowest BCUT2D eigenvalue weighted by atomic mass is 9.84. The van der Waals surface area contributed by atoms with E-state index in [9.17, 15) is 0 Å². The normalized spacial score (nSPS) is 25.2. The predicted octanol–water partition coefficient (Wildman–Crippen LogP) is 3.06. The molecule has 2 heteroatoms. The first kappa shape index (κ1) is 10.2. The highest BCUT2D eigenvalue weighted by Gasteiger charge is 2.50. The van der Waals surface area contributed by atoms with Crippen LogP contribution in [0.4, 0.5) is 0 Å². The standard InChI is InChI=1S/C15H18NS/c1-2-6-13-12(5-1)11-15(7-3-4-8-15)16-9-10-17-14(13)16/h1-2,5-6H,3-4,7-11H2/q+1. The van der Waals surface area contributed by atoms with Crippen molar-refractivity contribution in [3.63, 3.8) is 0 Å². The second kappa shape index (κ2) is 3.61. The first-order chi connectivity index (χ1) is 8.39. The van der Waals surface area contributed by atoms with Crippen LogP contribution in [0.1, 0.15) is 36.8 Å². The van der Waals surface area contributed by atoms with Gasteiger partial charge in [-0.25, -0.2) is 4.58 Å². The maximum absolute atomic E-state index is 2.76. The van der Waals surface area contributed by atoms with Crippen molar-refractivity contribution in [2.75, 3.05) is 12.3 Å². The lowest BCUT2D eigenvalue weighted by Crippen LogP contribution is -2.46. The number of nitrogens with zero attached hydrogens (tertiary/aromatic N) is 1. The van der Waals surface area contributed by atoms with Crippen LogP contribution in [0.5, 0.6) is 0 Å². The van der Waals surface area contributed by atoms with E-state index in [4.69, 9.17) is 0 Å². The summed E-state index contributed by atoms with van der Waals surface area (Å²) in [6.07, 6.45) is 6.96. The summed E-state index contributed by atoms with van der Waals surface area (Å²) in [5.41, 5.74) is 3.61. The van der Waals surface area contributed by atoms with Crippen LogP contribution in [0.2, 0.25) is 0 Å². The van der Waals surface area contributed by atoms with Crippen LogP contribution >= 0.6 is 11.8 Å². The van der Waals surface area contributed by atoms with E-state index in [0.29, 0.717) is 5.54 Å². The largest absolute Gasteiger partial charge is 0.243 e. The van der Waals surface area contributed by atoms with Crippen molar-refractivity contribution in [3.05, 3.63) is 35.4 Å². The van der Waals surface area contributed by atoms with Crippen molar-refractivity contribution in [1.29, 1.82) is 0 Å². The van der Waals surface area contributed by atoms with Gasteiger partial charge < -0.3 is 0 Å². The number of benzene rings is 1. The summed E-state index contributed by atoms with van der Waals surface area (Å²) in [5, 5.41) is 1.58. The van der Waals surface area contributed by atoms with Gasteiger partial charge in [0.1, 0.15) is 0 Å². The molecular weight excluding hydrogens is 226 g/mol. The monoisotopic (exact) mass is 244 g/mol. The molecule has 3 aliphatic rings. The molecule has 0 radical (unpaired) electrons. The molecule has 0 saturated heterocycles. The lowest BCUT2D eigenvalue weighted by molar-refractivity contribution is -0.601. The SMILES string of the molecule is c1ccc2c(c1)CC1(CCCC1)[N+]1=C2SCC1. The third-order valence-electron chi connectivity index (χ3n) is 4.67. The fraction of sp³-hybridized carbons (Fsp3) is 0.533. The fourth-order valence-corrected chi connectivity index (χ4v) is 5.16. The second-order valence-corrected chi connectivity index (χ2v) is 6.65. The smallest absolute Gasteiger partial charge is 0.217 e. The molecule has 2 heterocycles. The predicted molar refractivity (Wildman–Crippen MR) is 73.0 cm³/mol. The molecule has 1 saturated carbocycles. The topological polar surface area (TPSA) is 3.01 Å². The Hall–Kier alpha value is -0.760. The molecule has 1 aliphatic carbocycles. The van der Waals surface area contributed by atoms with Gasteiger partial charge in [0, 0.05) is 19.3 Å². The minimum atomic E-state index is 0.493. The van der Waals surface area contributed by atoms with Gasteiger partial charge in [-0.1, -0.05) is 30.0 Å². The highest BCUT2D eigenvalue weighted by Crippen LogP contribution is 2.42. The van der Waals surface area contributed by atoms with Crippen molar-refractivity contribution >= 4 is 16.8 Å². The summed E-state index contributed by atoms with van der Waals surface area (Å²) in [5.74, 6) is 1.28. The van der Waals surface area contributed by atoms with Gasteiger partial charge in [0.15, 0.2) is 12.1 Å². The van der Waals surface area contributed by atoms with Gasteiger partial charge in [-0.15, -0.1) is 0 Å². The zero-order chi connectivity index (χ0) is 11.3. The Kier molecular flexibility index (Phi) is 2.17. The average Bonchev–Trinajstić information content (AvgIpc) is 2.99. The Morgan fingerprint density at radius 3 is 2.82 bits per heavy atom. The van der Waals surface area contributed by atoms with Gasteiger partial charge in [0.05, 0.1) is 11.3 Å². The van der Waals surface area contributed by atoms with Gasteiger partial charge in [0.2, 0.25) is 5.04 Å². The molecule has 0 atom stereocenters. The molecule has 1 spiro atoms. The van der Waals surface area contributed by atoms with Gasteiger partial charge in [-0.3, -0.25) is 0 Å². The molecule has 4 rings (SSSR count). The van der Waals surface area contributed by atoms with Crippen LogP contribution in [0.3, 0.4) is 0 Å². The molecule has 88 valence electrons. The molecule has 0 bridgehead atoms. The minimum absolute atomic E-state index is 0.493.